The van der Waals surface area contributed by atoms with Crippen LogP contribution < -0.4 is 14.4 Å². The van der Waals surface area contributed by atoms with Gasteiger partial charge < -0.3 is 29.2 Å². The molecule has 0 bridgehead atoms. The summed E-state index contributed by atoms with van der Waals surface area (Å²) in [5, 5.41) is 10.8. The van der Waals surface area contributed by atoms with Crippen LogP contribution in [0.4, 0.5) is 24.7 Å². The van der Waals surface area contributed by atoms with Crippen molar-refractivity contribution in [1.29, 1.82) is 0 Å². The normalized spacial score (nSPS) is 19.2. The van der Waals surface area contributed by atoms with Crippen molar-refractivity contribution in [3.63, 3.8) is 0 Å². The molecule has 2 aromatic carbocycles. The summed E-state index contributed by atoms with van der Waals surface area (Å²) in [6.45, 7) is 1.73. The van der Waals surface area contributed by atoms with Gasteiger partial charge in [-0.1, -0.05) is 0 Å². The highest BCUT2D eigenvalue weighted by Gasteiger charge is 2.44. The lowest BCUT2D eigenvalue weighted by Gasteiger charge is -2.40. The Morgan fingerprint density at radius 3 is 2.54 bits per heavy atom. The zero-order chi connectivity index (χ0) is 26.2. The lowest BCUT2D eigenvalue weighted by Crippen LogP contribution is -2.42. The average Bonchev–Trinajstić information content (AvgIpc) is 3.47. The largest absolute Gasteiger partial charge is 0.490 e. The first-order chi connectivity index (χ1) is 17.8. The van der Waals surface area contributed by atoms with Gasteiger partial charge in [-0.3, -0.25) is 4.57 Å². The van der Waals surface area contributed by atoms with E-state index >= 15 is 4.39 Å². The number of nitro groups is 1. The molecule has 2 aliphatic heterocycles. The van der Waals surface area contributed by atoms with E-state index in [0.29, 0.717) is 44.3 Å². The Hall–Kier alpha value is -3.80. The molecule has 196 valence electrons. The quantitative estimate of drug-likeness (QED) is 0.318. The number of aromatic nitrogens is 2. The number of fused-ring (bicyclic) bond motifs is 1. The molecule has 0 radical (unpaired) electrons. The van der Waals surface area contributed by atoms with E-state index in [0.717, 1.165) is 17.8 Å². The number of methoxy groups -OCH3 is 1. The molecule has 1 saturated heterocycles. The van der Waals surface area contributed by atoms with Gasteiger partial charge in [-0.05, 0) is 54.2 Å². The molecule has 37 heavy (non-hydrogen) atoms. The highest BCUT2D eigenvalue weighted by atomic mass is 19.2. The van der Waals surface area contributed by atoms with Crippen molar-refractivity contribution in [3.05, 3.63) is 76.0 Å². The third kappa shape index (κ3) is 4.93. The summed E-state index contributed by atoms with van der Waals surface area (Å²) in [7, 11) is 1.20. The number of piperidine rings is 1. The summed E-state index contributed by atoms with van der Waals surface area (Å²) < 4.78 is 61.5. The van der Waals surface area contributed by atoms with Crippen molar-refractivity contribution < 1.29 is 32.3 Å². The highest BCUT2D eigenvalue weighted by molar-refractivity contribution is 5.49. The van der Waals surface area contributed by atoms with Crippen LogP contribution in [0, 0.1) is 27.7 Å². The smallest absolute Gasteiger partial charge is 0.414 e. The number of halogens is 3. The first-order valence-electron chi connectivity index (χ1n) is 11.8. The molecule has 0 amide bonds. The molecule has 1 unspecified atom stereocenters. The third-order valence-corrected chi connectivity index (χ3v) is 6.84. The highest BCUT2D eigenvalue weighted by Crippen LogP contribution is 2.42. The maximum Gasteiger partial charge on any atom is 0.414 e. The molecule has 0 spiro atoms. The van der Waals surface area contributed by atoms with Crippen molar-refractivity contribution in [1.82, 2.24) is 9.55 Å². The van der Waals surface area contributed by atoms with E-state index in [-0.39, 0.29) is 30.1 Å². The van der Waals surface area contributed by atoms with Crippen molar-refractivity contribution in [2.45, 2.75) is 31.3 Å². The molecule has 5 rings (SSSR count). The molecular formula is C25H25F3N4O5. The van der Waals surface area contributed by atoms with Gasteiger partial charge in [0, 0.05) is 42.9 Å². The second kappa shape index (κ2) is 9.92. The Kier molecular flexibility index (Phi) is 6.67. The van der Waals surface area contributed by atoms with Gasteiger partial charge in [0.15, 0.2) is 6.10 Å². The molecule has 9 nitrogen and oxygen atoms in total. The van der Waals surface area contributed by atoms with Crippen LogP contribution in [0.5, 0.6) is 11.8 Å². The lowest BCUT2D eigenvalue weighted by atomic mass is 9.84. The SMILES string of the molecule is CO[C@](F)(c1ccc(F)cc1F)C1CCN(c2ccc(OCC3Cn4cc([N+](=O)[O-])nc4O3)cc2)CC1. The third-order valence-electron chi connectivity index (χ3n) is 6.84. The second-order valence-electron chi connectivity index (χ2n) is 9.07. The fraction of sp³-hybridized carbons (Fsp3) is 0.400. The van der Waals surface area contributed by atoms with Crippen molar-refractivity contribution >= 4 is 11.5 Å². The zero-order valence-electron chi connectivity index (χ0n) is 20.0. The Labute approximate surface area is 210 Å². The molecular weight excluding hydrogens is 493 g/mol. The lowest BCUT2D eigenvalue weighted by molar-refractivity contribution is -0.389. The van der Waals surface area contributed by atoms with Gasteiger partial charge in [0.25, 0.3) is 0 Å². The van der Waals surface area contributed by atoms with Crippen LogP contribution in [0.25, 0.3) is 0 Å². The number of rotatable bonds is 8. The van der Waals surface area contributed by atoms with E-state index in [4.69, 9.17) is 14.2 Å². The summed E-state index contributed by atoms with van der Waals surface area (Å²) >= 11 is 0. The minimum absolute atomic E-state index is 0.201. The Morgan fingerprint density at radius 1 is 1.19 bits per heavy atom. The first-order valence-corrected chi connectivity index (χ1v) is 11.8. The topological polar surface area (TPSA) is 91.9 Å². The second-order valence-corrected chi connectivity index (χ2v) is 9.07. The predicted octanol–water partition coefficient (Wildman–Crippen LogP) is 4.59. The summed E-state index contributed by atoms with van der Waals surface area (Å²) in [5.74, 6) is -4.28. The van der Waals surface area contributed by atoms with Crippen LogP contribution >= 0.6 is 0 Å². The van der Waals surface area contributed by atoms with Crippen LogP contribution in [0.1, 0.15) is 18.4 Å². The average molecular weight is 518 g/mol. The number of nitrogens with zero attached hydrogens (tertiary/aromatic N) is 4. The predicted molar refractivity (Wildman–Crippen MR) is 126 cm³/mol. The maximum absolute atomic E-state index is 15.8. The van der Waals surface area contributed by atoms with Gasteiger partial charge >= 0.3 is 11.8 Å². The van der Waals surface area contributed by atoms with Gasteiger partial charge in [-0.15, -0.1) is 0 Å². The summed E-state index contributed by atoms with van der Waals surface area (Å²) in [5.41, 5.74) is 0.648. The van der Waals surface area contributed by atoms with E-state index in [1.165, 1.54) is 13.3 Å². The van der Waals surface area contributed by atoms with Crippen LogP contribution in [0.3, 0.4) is 0 Å². The fourth-order valence-corrected chi connectivity index (χ4v) is 4.90. The molecule has 3 aromatic rings. The number of hydrogen-bond acceptors (Lipinski definition) is 7. The molecule has 12 heteroatoms. The maximum atomic E-state index is 15.8. The molecule has 0 aliphatic carbocycles. The van der Waals surface area contributed by atoms with Gasteiger partial charge in [0.2, 0.25) is 5.85 Å². The summed E-state index contributed by atoms with van der Waals surface area (Å²) in [6, 6.07) is 10.5. The number of ether oxygens (including phenoxy) is 3. The number of benzene rings is 2. The zero-order valence-corrected chi connectivity index (χ0v) is 20.0. The summed E-state index contributed by atoms with van der Waals surface area (Å²) in [6.07, 6.45) is 1.87. The van der Waals surface area contributed by atoms with Gasteiger partial charge in [0.1, 0.15) is 30.2 Å². The Morgan fingerprint density at radius 2 is 1.92 bits per heavy atom. The minimum atomic E-state index is -2.34. The number of hydrogen-bond donors (Lipinski definition) is 0. The standard InChI is InChI=1S/C25H25F3N4O5/c1-35-25(28,21-7-2-17(26)12-22(21)27)16-8-10-30(11-9-16)18-3-5-19(6-4-18)36-15-20-13-31-14-23(32(33)34)29-24(31)37-20/h2-7,12,14,16,20H,8-11,13,15H2,1H3/t20?,25-/m0/s1. The van der Waals surface area contributed by atoms with E-state index < -0.39 is 28.3 Å². The Bertz CT molecular complexity index is 1260. The number of alkyl halides is 1. The van der Waals surface area contributed by atoms with Crippen LogP contribution in [0.15, 0.2) is 48.7 Å². The van der Waals surface area contributed by atoms with E-state index in [9.17, 15) is 18.9 Å². The minimum Gasteiger partial charge on any atom is -0.490 e. The van der Waals surface area contributed by atoms with Crippen LogP contribution in [-0.4, -0.2) is 47.4 Å². The van der Waals surface area contributed by atoms with Crippen molar-refractivity contribution in [2.75, 3.05) is 31.7 Å². The number of anilines is 1. The molecule has 2 aliphatic rings. The fourth-order valence-electron chi connectivity index (χ4n) is 4.90. The van der Waals surface area contributed by atoms with Gasteiger partial charge in [-0.25, -0.2) is 13.2 Å². The van der Waals surface area contributed by atoms with E-state index in [2.05, 4.69) is 9.88 Å². The summed E-state index contributed by atoms with van der Waals surface area (Å²) in [4.78, 5) is 16.2. The number of imidazole rings is 1. The molecule has 2 atom stereocenters. The van der Waals surface area contributed by atoms with Gasteiger partial charge in [-0.2, -0.15) is 0 Å². The van der Waals surface area contributed by atoms with E-state index in [1.54, 1.807) is 4.57 Å². The molecule has 3 heterocycles. The van der Waals surface area contributed by atoms with Gasteiger partial charge in [0.05, 0.1) is 12.1 Å². The first kappa shape index (κ1) is 24.9. The van der Waals surface area contributed by atoms with Crippen molar-refractivity contribution in [3.8, 4) is 11.8 Å². The van der Waals surface area contributed by atoms with E-state index in [1.807, 2.05) is 24.3 Å². The van der Waals surface area contributed by atoms with Crippen LogP contribution in [-0.2, 0) is 17.1 Å². The molecule has 1 aromatic heterocycles. The van der Waals surface area contributed by atoms with Crippen molar-refractivity contribution in [2.24, 2.45) is 5.92 Å². The molecule has 0 saturated carbocycles. The van der Waals surface area contributed by atoms with Crippen LogP contribution in [0.2, 0.25) is 0 Å². The molecule has 0 N–H and O–H groups in total. The monoisotopic (exact) mass is 518 g/mol. The molecule has 1 fully saturated rings. The Balaban J connectivity index is 1.14.